The van der Waals surface area contributed by atoms with Crippen molar-refractivity contribution in [2.75, 3.05) is 12.4 Å². The minimum absolute atomic E-state index is 0.125. The second-order valence-corrected chi connectivity index (χ2v) is 3.88. The van der Waals surface area contributed by atoms with E-state index in [9.17, 15) is 0 Å². The van der Waals surface area contributed by atoms with Gasteiger partial charge in [0.2, 0.25) is 11.2 Å². The van der Waals surface area contributed by atoms with E-state index in [1.165, 1.54) is 0 Å². The van der Waals surface area contributed by atoms with Crippen LogP contribution in [-0.2, 0) is 12.8 Å². The Hall–Kier alpha value is -1.76. The van der Waals surface area contributed by atoms with E-state index in [-0.39, 0.29) is 5.28 Å². The van der Waals surface area contributed by atoms with E-state index in [2.05, 4.69) is 30.4 Å². The van der Waals surface area contributed by atoms with Crippen LogP contribution < -0.4 is 5.32 Å². The molecule has 2 rings (SSSR count). The van der Waals surface area contributed by atoms with Crippen molar-refractivity contribution >= 4 is 17.5 Å². The maximum Gasteiger partial charge on any atom is 0.258 e. The van der Waals surface area contributed by atoms with Gasteiger partial charge in [-0.05, 0) is 11.6 Å². The van der Waals surface area contributed by atoms with Crippen LogP contribution in [0.2, 0.25) is 5.28 Å². The summed E-state index contributed by atoms with van der Waals surface area (Å²) in [4.78, 5) is 16.6. The average Bonchev–Trinajstić information content (AvgIpc) is 2.81. The summed E-state index contributed by atoms with van der Waals surface area (Å²) in [5.41, 5.74) is 0. The van der Waals surface area contributed by atoms with Gasteiger partial charge in [0.25, 0.3) is 5.95 Å². The van der Waals surface area contributed by atoms with Gasteiger partial charge in [-0.1, -0.05) is 13.8 Å². The predicted molar refractivity (Wildman–Crippen MR) is 68.1 cm³/mol. The highest BCUT2D eigenvalue weighted by Gasteiger charge is 2.13. The van der Waals surface area contributed by atoms with Crippen LogP contribution in [0.1, 0.15) is 25.5 Å². The molecule has 0 saturated carbocycles. The van der Waals surface area contributed by atoms with Crippen LogP contribution in [0.4, 0.5) is 5.95 Å². The lowest BCUT2D eigenvalue weighted by Crippen LogP contribution is -2.10. The van der Waals surface area contributed by atoms with E-state index in [0.29, 0.717) is 11.9 Å². The summed E-state index contributed by atoms with van der Waals surface area (Å²) in [6, 6.07) is 0. The molecule has 0 radical (unpaired) electrons. The summed E-state index contributed by atoms with van der Waals surface area (Å²) in [6.45, 7) is 4.00. The zero-order valence-electron chi connectivity index (χ0n) is 10.5. The number of hydrogen-bond acceptors (Lipinski definition) is 6. The molecule has 2 aromatic heterocycles. The first kappa shape index (κ1) is 12.7. The third-order valence-electron chi connectivity index (χ3n) is 2.36. The Morgan fingerprint density at radius 1 is 1.11 bits per heavy atom. The fourth-order valence-electron chi connectivity index (χ4n) is 1.48. The van der Waals surface area contributed by atoms with E-state index in [4.69, 9.17) is 11.6 Å². The monoisotopic (exact) mass is 267 g/mol. The molecule has 0 fully saturated rings. The van der Waals surface area contributed by atoms with Crippen molar-refractivity contribution in [1.29, 1.82) is 0 Å². The molecule has 0 unspecified atom stereocenters. The number of halogens is 1. The second-order valence-electron chi connectivity index (χ2n) is 3.54. The molecule has 8 heteroatoms. The summed E-state index contributed by atoms with van der Waals surface area (Å²) in [5.74, 6) is 2.34. The number of aryl methyl sites for hydroxylation is 2. The third kappa shape index (κ3) is 2.40. The lowest BCUT2D eigenvalue weighted by Gasteiger charge is -2.04. The van der Waals surface area contributed by atoms with Crippen LogP contribution in [0.5, 0.6) is 0 Å². The predicted octanol–water partition coefficient (Wildman–Crippen LogP) is 1.27. The molecule has 2 aromatic rings. The fourth-order valence-corrected chi connectivity index (χ4v) is 1.63. The molecule has 18 heavy (non-hydrogen) atoms. The first-order valence-electron chi connectivity index (χ1n) is 5.72. The van der Waals surface area contributed by atoms with Gasteiger partial charge in [-0.3, -0.25) is 0 Å². The highest BCUT2D eigenvalue weighted by atomic mass is 35.5. The molecule has 0 aliphatic heterocycles. The van der Waals surface area contributed by atoms with Crippen molar-refractivity contribution in [2.45, 2.75) is 26.7 Å². The number of nitrogens with zero attached hydrogens (tertiary/aromatic N) is 6. The van der Waals surface area contributed by atoms with E-state index in [1.54, 1.807) is 11.7 Å². The van der Waals surface area contributed by atoms with Gasteiger partial charge in [0.15, 0.2) is 5.82 Å². The molecule has 0 amide bonds. The molecule has 1 N–H and O–H groups in total. The molecule has 0 bridgehead atoms. The lowest BCUT2D eigenvalue weighted by atomic mass is 10.4. The van der Waals surface area contributed by atoms with Gasteiger partial charge in [0.1, 0.15) is 5.82 Å². The van der Waals surface area contributed by atoms with E-state index in [1.807, 2.05) is 13.8 Å². The van der Waals surface area contributed by atoms with Crippen molar-refractivity contribution < 1.29 is 0 Å². The van der Waals surface area contributed by atoms with E-state index in [0.717, 1.165) is 24.5 Å². The molecule has 96 valence electrons. The van der Waals surface area contributed by atoms with Crippen molar-refractivity contribution in [1.82, 2.24) is 29.7 Å². The van der Waals surface area contributed by atoms with Gasteiger partial charge in [0.05, 0.1) is 0 Å². The smallest absolute Gasteiger partial charge is 0.258 e. The Labute approximate surface area is 110 Å². The molecule has 7 nitrogen and oxygen atoms in total. The first-order valence-corrected chi connectivity index (χ1v) is 6.10. The number of hydrogen-bond donors (Lipinski definition) is 1. The minimum atomic E-state index is 0.125. The zero-order valence-corrected chi connectivity index (χ0v) is 11.2. The molecule has 0 aromatic carbocycles. The Kier molecular flexibility index (Phi) is 3.71. The van der Waals surface area contributed by atoms with Crippen LogP contribution >= 0.6 is 11.6 Å². The summed E-state index contributed by atoms with van der Waals surface area (Å²) in [5, 5.41) is 7.31. The van der Waals surface area contributed by atoms with Gasteiger partial charge < -0.3 is 5.32 Å². The first-order chi connectivity index (χ1) is 8.67. The quantitative estimate of drug-likeness (QED) is 0.898. The Morgan fingerprint density at radius 3 is 2.50 bits per heavy atom. The number of aromatic nitrogens is 6. The molecule has 0 spiro atoms. The topological polar surface area (TPSA) is 81.4 Å². The van der Waals surface area contributed by atoms with Crippen molar-refractivity contribution in [3.8, 4) is 5.95 Å². The summed E-state index contributed by atoms with van der Waals surface area (Å²) in [7, 11) is 1.72. The van der Waals surface area contributed by atoms with E-state index >= 15 is 0 Å². The Balaban J connectivity index is 2.53. The number of rotatable bonds is 4. The number of anilines is 1. The van der Waals surface area contributed by atoms with Gasteiger partial charge in [-0.2, -0.15) is 19.6 Å². The van der Waals surface area contributed by atoms with Crippen LogP contribution in [0.25, 0.3) is 5.95 Å². The molecule has 0 aliphatic rings. The SMILES string of the molecule is CCc1nc(CC)n(-c2nc(Cl)nc(NC)n2)n1. The Bertz CT molecular complexity index is 551. The van der Waals surface area contributed by atoms with Crippen LogP contribution in [0.3, 0.4) is 0 Å². The summed E-state index contributed by atoms with van der Waals surface area (Å²) < 4.78 is 1.60. The lowest BCUT2D eigenvalue weighted by molar-refractivity contribution is 0.737. The normalized spacial score (nSPS) is 10.7. The molecule has 0 saturated heterocycles. The van der Waals surface area contributed by atoms with Gasteiger partial charge in [-0.15, -0.1) is 5.10 Å². The minimum Gasteiger partial charge on any atom is -0.357 e. The van der Waals surface area contributed by atoms with Crippen LogP contribution in [0.15, 0.2) is 0 Å². The third-order valence-corrected chi connectivity index (χ3v) is 2.53. The molecule has 0 atom stereocenters. The summed E-state index contributed by atoms with van der Waals surface area (Å²) in [6.07, 6.45) is 1.50. The maximum atomic E-state index is 5.85. The van der Waals surface area contributed by atoms with Gasteiger partial charge >= 0.3 is 0 Å². The second kappa shape index (κ2) is 5.26. The number of nitrogens with one attached hydrogen (secondary N) is 1. The maximum absolute atomic E-state index is 5.85. The zero-order chi connectivity index (χ0) is 13.1. The summed E-state index contributed by atoms with van der Waals surface area (Å²) >= 11 is 5.85. The van der Waals surface area contributed by atoms with Crippen molar-refractivity contribution in [3.63, 3.8) is 0 Å². The van der Waals surface area contributed by atoms with Gasteiger partial charge in [-0.25, -0.2) is 4.98 Å². The standard InChI is InChI=1S/C10H14ClN7/c1-4-6-13-7(5-2)18(17-6)10-15-8(11)14-9(12-3)16-10/h4-5H2,1-3H3,(H,12,14,15,16). The largest absolute Gasteiger partial charge is 0.357 e. The van der Waals surface area contributed by atoms with Crippen LogP contribution in [-0.4, -0.2) is 36.8 Å². The fraction of sp³-hybridized carbons (Fsp3) is 0.500. The highest BCUT2D eigenvalue weighted by molar-refractivity contribution is 6.28. The molecule has 0 aliphatic carbocycles. The Morgan fingerprint density at radius 2 is 1.89 bits per heavy atom. The average molecular weight is 268 g/mol. The highest BCUT2D eigenvalue weighted by Crippen LogP contribution is 2.11. The molecular weight excluding hydrogens is 254 g/mol. The molecule has 2 heterocycles. The van der Waals surface area contributed by atoms with Crippen molar-refractivity contribution in [2.24, 2.45) is 0 Å². The molecular formula is C10H14ClN7. The van der Waals surface area contributed by atoms with E-state index < -0.39 is 0 Å². The van der Waals surface area contributed by atoms with Gasteiger partial charge in [0, 0.05) is 19.9 Å². The van der Waals surface area contributed by atoms with Crippen LogP contribution in [0, 0.1) is 0 Å². The van der Waals surface area contributed by atoms with Crippen molar-refractivity contribution in [3.05, 3.63) is 16.9 Å².